The van der Waals surface area contributed by atoms with Crippen molar-refractivity contribution >= 4 is 29.9 Å². The van der Waals surface area contributed by atoms with Crippen LogP contribution in [0.15, 0.2) is 0 Å². The molecule has 1 heterocycles. The number of aliphatic hydroxyl groups is 1. The summed E-state index contributed by atoms with van der Waals surface area (Å²) in [4.78, 5) is 5.03. The van der Waals surface area contributed by atoms with Gasteiger partial charge in [0.05, 0.1) is 19.8 Å². The fourth-order valence-corrected chi connectivity index (χ4v) is 5.09. The molecule has 8 heteroatoms. The van der Waals surface area contributed by atoms with Gasteiger partial charge in [0.15, 0.2) is 8.32 Å². The van der Waals surface area contributed by atoms with Crippen LogP contribution in [-0.4, -0.2) is 100 Å². The third-order valence-electron chi connectivity index (χ3n) is 5.26. The third kappa shape index (κ3) is 10.3. The van der Waals surface area contributed by atoms with Crippen molar-refractivity contribution in [2.45, 2.75) is 38.9 Å². The summed E-state index contributed by atoms with van der Waals surface area (Å²) in [6.07, 6.45) is 0. The van der Waals surface area contributed by atoms with Crippen LogP contribution < -0.4 is 0 Å². The van der Waals surface area contributed by atoms with Gasteiger partial charge in [-0.2, -0.15) is 0 Å². The minimum absolute atomic E-state index is 0.257. The van der Waals surface area contributed by atoms with Crippen LogP contribution in [0.4, 0.5) is 0 Å². The summed E-state index contributed by atoms with van der Waals surface area (Å²) in [6.45, 7) is 20.9. The molecule has 0 bridgehead atoms. The van der Waals surface area contributed by atoms with Gasteiger partial charge in [-0.25, -0.2) is 0 Å². The summed E-state index contributed by atoms with van der Waals surface area (Å²) in [7, 11) is 1.88. The zero-order valence-corrected chi connectivity index (χ0v) is 20.1. The van der Waals surface area contributed by atoms with Gasteiger partial charge in [-0.1, -0.05) is 42.4 Å². The monoisotopic (exact) mass is 424 g/mol. The zero-order valence-electron chi connectivity index (χ0n) is 17.5. The minimum atomic E-state index is -1.61. The number of hydrogen-bond donors (Lipinski definition) is 1. The van der Waals surface area contributed by atoms with Gasteiger partial charge in [0.2, 0.25) is 0 Å². The molecule has 1 saturated heterocycles. The van der Waals surface area contributed by atoms with E-state index in [9.17, 15) is 0 Å². The Kier molecular flexibility index (Phi) is 12.4. The van der Waals surface area contributed by atoms with Crippen molar-refractivity contribution in [3.63, 3.8) is 0 Å². The van der Waals surface area contributed by atoms with Gasteiger partial charge in [0.1, 0.15) is 0 Å². The predicted octanol–water partition coefficient (Wildman–Crippen LogP) is 3.02. The van der Waals surface area contributed by atoms with E-state index in [0.29, 0.717) is 5.04 Å². The van der Waals surface area contributed by atoms with E-state index >= 15 is 0 Å². The second kappa shape index (κ2) is 13.0. The van der Waals surface area contributed by atoms with E-state index in [1.54, 1.807) is 21.6 Å². The summed E-state index contributed by atoms with van der Waals surface area (Å²) < 4.78 is 12.0. The molecule has 0 radical (unpaired) electrons. The molecule has 26 heavy (non-hydrogen) atoms. The maximum atomic E-state index is 8.71. The van der Waals surface area contributed by atoms with E-state index in [-0.39, 0.29) is 6.61 Å². The SMILES string of the molecule is CC(C)(C)[Si](C)(C)OCCN1CCN(CCOCCSSCCO)CC1. The van der Waals surface area contributed by atoms with Crippen molar-refractivity contribution in [2.75, 3.05) is 77.2 Å². The molecule has 0 aromatic carbocycles. The average Bonchev–Trinajstić information content (AvgIpc) is 2.57. The molecule has 1 aliphatic heterocycles. The molecule has 0 atom stereocenters. The van der Waals surface area contributed by atoms with Gasteiger partial charge in [-0.15, -0.1) is 0 Å². The number of aliphatic hydroxyl groups excluding tert-OH is 1. The van der Waals surface area contributed by atoms with Crippen LogP contribution in [0.3, 0.4) is 0 Å². The Morgan fingerprint density at radius 2 is 1.42 bits per heavy atom. The minimum Gasteiger partial charge on any atom is -0.416 e. The number of hydrogen-bond acceptors (Lipinski definition) is 7. The summed E-state index contributed by atoms with van der Waals surface area (Å²) in [5.41, 5.74) is 0. The molecule has 0 aromatic heterocycles. The topological polar surface area (TPSA) is 45.2 Å². The predicted molar refractivity (Wildman–Crippen MR) is 119 cm³/mol. The molecule has 1 fully saturated rings. The largest absolute Gasteiger partial charge is 0.416 e. The van der Waals surface area contributed by atoms with Gasteiger partial charge >= 0.3 is 0 Å². The maximum absolute atomic E-state index is 8.71. The van der Waals surface area contributed by atoms with Crippen molar-refractivity contribution in [1.29, 1.82) is 0 Å². The van der Waals surface area contributed by atoms with Crippen LogP contribution in [-0.2, 0) is 9.16 Å². The molecular weight excluding hydrogens is 384 g/mol. The first-order valence-corrected chi connectivity index (χ1v) is 15.2. The van der Waals surface area contributed by atoms with E-state index in [0.717, 1.165) is 70.6 Å². The Balaban J connectivity index is 2.02. The summed E-state index contributed by atoms with van der Waals surface area (Å²) >= 11 is 0. The van der Waals surface area contributed by atoms with Crippen molar-refractivity contribution in [1.82, 2.24) is 9.80 Å². The van der Waals surface area contributed by atoms with Crippen molar-refractivity contribution in [2.24, 2.45) is 0 Å². The zero-order chi connectivity index (χ0) is 19.5. The van der Waals surface area contributed by atoms with Crippen LogP contribution in [0.25, 0.3) is 0 Å². The third-order valence-corrected chi connectivity index (χ3v) is 12.1. The molecule has 0 amide bonds. The molecule has 5 nitrogen and oxygen atoms in total. The fraction of sp³-hybridized carbons (Fsp3) is 1.00. The smallest absolute Gasteiger partial charge is 0.192 e. The normalized spacial score (nSPS) is 17.8. The Morgan fingerprint density at radius 1 is 0.885 bits per heavy atom. The highest BCUT2D eigenvalue weighted by atomic mass is 33.1. The molecule has 1 N–H and O–H groups in total. The van der Waals surface area contributed by atoms with Gasteiger partial charge in [-0.05, 0) is 18.1 Å². The van der Waals surface area contributed by atoms with E-state index in [1.165, 1.54) is 0 Å². The van der Waals surface area contributed by atoms with E-state index < -0.39 is 8.32 Å². The Morgan fingerprint density at radius 3 is 1.96 bits per heavy atom. The van der Waals surface area contributed by atoms with Crippen LogP contribution in [0.5, 0.6) is 0 Å². The lowest BCUT2D eigenvalue weighted by Gasteiger charge is -2.38. The van der Waals surface area contributed by atoms with Crippen molar-refractivity contribution < 1.29 is 14.3 Å². The Labute approximate surface area is 170 Å². The van der Waals surface area contributed by atoms with Crippen LogP contribution in [0.2, 0.25) is 18.1 Å². The molecule has 156 valence electrons. The first kappa shape index (κ1) is 24.8. The molecule has 1 rings (SSSR count). The summed E-state index contributed by atoms with van der Waals surface area (Å²) in [5.74, 6) is 1.79. The maximum Gasteiger partial charge on any atom is 0.192 e. The van der Waals surface area contributed by atoms with Gasteiger partial charge in [0.25, 0.3) is 0 Å². The highest BCUT2D eigenvalue weighted by Crippen LogP contribution is 2.36. The Hall–Kier alpha value is 0.717. The van der Waals surface area contributed by atoms with Crippen molar-refractivity contribution in [3.8, 4) is 0 Å². The number of rotatable bonds is 13. The van der Waals surface area contributed by atoms with Gasteiger partial charge in [0, 0.05) is 57.4 Å². The molecule has 0 spiro atoms. The summed E-state index contributed by atoms with van der Waals surface area (Å²) in [6, 6.07) is 0. The standard InChI is InChI=1S/C18H40N2O3S2Si/c1-18(2,3)26(4,5)23-14-11-20-8-6-19(7-9-20)10-13-22-15-17-25-24-16-12-21/h21H,6-17H2,1-5H3. The number of ether oxygens (including phenoxy) is 1. The van der Waals surface area contributed by atoms with Gasteiger partial charge in [-0.3, -0.25) is 9.80 Å². The average molecular weight is 425 g/mol. The Bertz CT molecular complexity index is 363. The van der Waals surface area contributed by atoms with Crippen LogP contribution in [0, 0.1) is 0 Å². The quantitative estimate of drug-likeness (QED) is 0.277. The van der Waals surface area contributed by atoms with Crippen molar-refractivity contribution in [3.05, 3.63) is 0 Å². The molecule has 0 unspecified atom stereocenters. The van der Waals surface area contributed by atoms with Crippen LogP contribution in [0.1, 0.15) is 20.8 Å². The fourth-order valence-electron chi connectivity index (χ4n) is 2.43. The number of piperazine rings is 1. The lowest BCUT2D eigenvalue weighted by atomic mass is 10.2. The second-order valence-electron chi connectivity index (χ2n) is 8.27. The molecule has 0 aromatic rings. The van der Waals surface area contributed by atoms with E-state index in [4.69, 9.17) is 14.3 Å². The lowest BCUT2D eigenvalue weighted by Crippen LogP contribution is -2.49. The molecular formula is C18H40N2O3S2Si. The highest BCUT2D eigenvalue weighted by Gasteiger charge is 2.37. The molecule has 0 saturated carbocycles. The second-order valence-corrected chi connectivity index (χ2v) is 15.8. The van der Waals surface area contributed by atoms with Crippen LogP contribution >= 0.6 is 21.6 Å². The first-order valence-electron chi connectivity index (χ1n) is 9.78. The lowest BCUT2D eigenvalue weighted by molar-refractivity contribution is 0.0759. The summed E-state index contributed by atoms with van der Waals surface area (Å²) in [5, 5.41) is 9.00. The number of nitrogens with zero attached hydrogens (tertiary/aromatic N) is 2. The highest BCUT2D eigenvalue weighted by molar-refractivity contribution is 8.76. The molecule has 1 aliphatic rings. The van der Waals surface area contributed by atoms with E-state index in [2.05, 4.69) is 43.7 Å². The molecule has 0 aliphatic carbocycles. The first-order chi connectivity index (χ1) is 12.3. The van der Waals surface area contributed by atoms with E-state index in [1.807, 2.05) is 0 Å². The van der Waals surface area contributed by atoms with Gasteiger partial charge < -0.3 is 14.3 Å².